The van der Waals surface area contributed by atoms with Crippen molar-refractivity contribution in [2.45, 2.75) is 52.8 Å². The lowest BCUT2D eigenvalue weighted by Crippen LogP contribution is -2.37. The Kier molecular flexibility index (Phi) is 7.10. The molecule has 0 saturated heterocycles. The van der Waals surface area contributed by atoms with Crippen LogP contribution >= 0.6 is 0 Å². The van der Waals surface area contributed by atoms with Gasteiger partial charge in [0.1, 0.15) is 35.0 Å². The van der Waals surface area contributed by atoms with Gasteiger partial charge < -0.3 is 19.4 Å². The highest BCUT2D eigenvalue weighted by atomic mass is 16.6. The number of benzene rings is 2. The molecule has 0 unspecified atom stereocenters. The van der Waals surface area contributed by atoms with Crippen LogP contribution in [-0.4, -0.2) is 37.4 Å². The van der Waals surface area contributed by atoms with E-state index in [1.54, 1.807) is 52.1 Å². The van der Waals surface area contributed by atoms with E-state index in [2.05, 4.69) is 10.3 Å². The summed E-state index contributed by atoms with van der Waals surface area (Å²) in [7, 11) is 0. The van der Waals surface area contributed by atoms with Crippen molar-refractivity contribution in [3.05, 3.63) is 82.9 Å². The molecule has 188 valence electrons. The Balaban J connectivity index is 1.74. The second kappa shape index (κ2) is 10.2. The minimum absolute atomic E-state index is 0.284. The van der Waals surface area contributed by atoms with Crippen LogP contribution < -0.4 is 15.6 Å². The number of imidazole rings is 1. The second-order valence-corrected chi connectivity index (χ2v) is 9.48. The normalized spacial score (nSPS) is 12.4. The minimum atomic E-state index is -0.652. The number of carbonyl (C=O) groups is 1. The summed E-state index contributed by atoms with van der Waals surface area (Å²) in [5, 5.41) is 3.17. The number of nitrogens with zero attached hydrogens (tertiary/aromatic N) is 4. The molecule has 0 aliphatic heterocycles. The van der Waals surface area contributed by atoms with Crippen molar-refractivity contribution < 1.29 is 14.3 Å². The number of fused-ring (bicyclic) bond motifs is 1. The lowest BCUT2D eigenvalue weighted by Gasteiger charge is -2.23. The number of ether oxygens (including phenoxy) is 2. The zero-order valence-electron chi connectivity index (χ0n) is 21.2. The molecule has 0 radical (unpaired) electrons. The first-order chi connectivity index (χ1) is 17.1. The van der Waals surface area contributed by atoms with Crippen molar-refractivity contribution in [3.63, 3.8) is 0 Å². The fraction of sp³-hybridized carbons (Fsp3) is 0.333. The Morgan fingerprint density at radius 2 is 1.86 bits per heavy atom. The molecule has 0 saturated carbocycles. The molecule has 0 fully saturated rings. The van der Waals surface area contributed by atoms with E-state index in [4.69, 9.17) is 14.5 Å². The number of hydrogen-bond donors (Lipinski definition) is 1. The number of aromatic nitrogens is 4. The Hall–Kier alpha value is -4.14. The lowest BCUT2D eigenvalue weighted by molar-refractivity contribution is 0.0505. The van der Waals surface area contributed by atoms with Crippen LogP contribution in [-0.2, 0) is 11.3 Å². The number of nitrogens with one attached hydrogen (secondary N) is 1. The monoisotopic (exact) mass is 489 g/mol. The van der Waals surface area contributed by atoms with Gasteiger partial charge in [-0.2, -0.15) is 0 Å². The van der Waals surface area contributed by atoms with Gasteiger partial charge in [0, 0.05) is 12.4 Å². The molecule has 0 bridgehead atoms. The van der Waals surface area contributed by atoms with Crippen LogP contribution in [0.3, 0.4) is 0 Å². The molecule has 0 spiro atoms. The second-order valence-electron chi connectivity index (χ2n) is 9.48. The molecule has 9 nitrogen and oxygen atoms in total. The number of alkyl carbamates (subject to hydrolysis) is 1. The maximum absolute atomic E-state index is 13.9. The van der Waals surface area contributed by atoms with E-state index in [-0.39, 0.29) is 5.56 Å². The number of carbonyl (C=O) groups excluding carboxylic acids is 1. The third-order valence-corrected chi connectivity index (χ3v) is 5.53. The summed E-state index contributed by atoms with van der Waals surface area (Å²) in [6, 6.07) is 13.9. The number of aryl methyl sites for hydroxylation is 1. The van der Waals surface area contributed by atoms with Gasteiger partial charge in [0.05, 0.1) is 23.8 Å². The lowest BCUT2D eigenvalue weighted by atomic mass is 10.2. The molecule has 0 aliphatic rings. The number of hydrogen-bond acceptors (Lipinski definition) is 6. The van der Waals surface area contributed by atoms with Crippen LogP contribution in [0.4, 0.5) is 4.79 Å². The molecular formula is C27H31N5O4. The fourth-order valence-corrected chi connectivity index (χ4v) is 3.90. The summed E-state index contributed by atoms with van der Waals surface area (Å²) in [6.07, 6.45) is 3.04. The largest absolute Gasteiger partial charge is 0.491 e. The average molecular weight is 490 g/mol. The highest BCUT2D eigenvalue weighted by Gasteiger charge is 2.23. The third kappa shape index (κ3) is 5.56. The van der Waals surface area contributed by atoms with Crippen molar-refractivity contribution in [1.29, 1.82) is 0 Å². The minimum Gasteiger partial charge on any atom is -0.491 e. The van der Waals surface area contributed by atoms with Crippen LogP contribution in [0, 0.1) is 6.92 Å². The smallest absolute Gasteiger partial charge is 0.408 e. The summed E-state index contributed by atoms with van der Waals surface area (Å²) < 4.78 is 14.9. The average Bonchev–Trinajstić information content (AvgIpc) is 3.22. The standard InChI is InChI=1S/C27H31N5O4/c1-18(29-26(34)36-27(3,4)5)24-30-21-12-9-13-22(35-17-16-31-15-14-28-19(31)2)23(21)25(33)32(24)20-10-7-6-8-11-20/h6-15,18H,16-17H2,1-5H3,(H,29,34)/t18-/m0/s1. The van der Waals surface area contributed by atoms with Crippen molar-refractivity contribution in [3.8, 4) is 11.4 Å². The van der Waals surface area contributed by atoms with E-state index in [9.17, 15) is 9.59 Å². The van der Waals surface area contributed by atoms with E-state index in [0.29, 0.717) is 41.3 Å². The first kappa shape index (κ1) is 25.0. The summed E-state index contributed by atoms with van der Waals surface area (Å²) in [6.45, 7) is 10.0. The summed E-state index contributed by atoms with van der Waals surface area (Å²) in [5.41, 5.74) is 0.180. The molecule has 36 heavy (non-hydrogen) atoms. The molecule has 1 atom stereocenters. The molecule has 2 heterocycles. The van der Waals surface area contributed by atoms with Crippen molar-refractivity contribution >= 4 is 17.0 Å². The molecule has 4 rings (SSSR count). The molecule has 4 aromatic rings. The van der Waals surface area contributed by atoms with Crippen LogP contribution in [0.15, 0.2) is 65.7 Å². The summed E-state index contributed by atoms with van der Waals surface area (Å²) in [5.74, 6) is 1.73. The quantitative estimate of drug-likeness (QED) is 0.409. The molecular weight excluding hydrogens is 458 g/mol. The topological polar surface area (TPSA) is 100 Å². The van der Waals surface area contributed by atoms with Gasteiger partial charge in [0.25, 0.3) is 5.56 Å². The predicted octanol–water partition coefficient (Wildman–Crippen LogP) is 4.56. The van der Waals surface area contributed by atoms with Crippen molar-refractivity contribution in [1.82, 2.24) is 24.4 Å². The van der Waals surface area contributed by atoms with Gasteiger partial charge in [-0.15, -0.1) is 0 Å². The number of para-hydroxylation sites is 1. The summed E-state index contributed by atoms with van der Waals surface area (Å²) in [4.78, 5) is 35.4. The number of rotatable bonds is 7. The Bertz CT molecular complexity index is 1420. The maximum atomic E-state index is 13.9. The SMILES string of the molecule is Cc1nccn1CCOc1cccc2nc([C@H](C)NC(=O)OC(C)(C)C)n(-c3ccccc3)c(=O)c12. The Morgan fingerprint density at radius 1 is 1.11 bits per heavy atom. The zero-order chi connectivity index (χ0) is 25.9. The van der Waals surface area contributed by atoms with Gasteiger partial charge in [0.15, 0.2) is 0 Å². The Labute approximate surface area is 209 Å². The van der Waals surface area contributed by atoms with Gasteiger partial charge in [-0.1, -0.05) is 24.3 Å². The van der Waals surface area contributed by atoms with Crippen molar-refractivity contribution in [2.24, 2.45) is 0 Å². The van der Waals surface area contributed by atoms with Crippen LogP contribution in [0.2, 0.25) is 0 Å². The Morgan fingerprint density at radius 3 is 2.53 bits per heavy atom. The molecule has 0 aliphatic carbocycles. The van der Waals surface area contributed by atoms with Crippen LogP contribution in [0.25, 0.3) is 16.6 Å². The molecule has 2 aromatic heterocycles. The zero-order valence-corrected chi connectivity index (χ0v) is 21.2. The molecule has 1 N–H and O–H groups in total. The summed E-state index contributed by atoms with van der Waals surface area (Å²) >= 11 is 0. The van der Waals surface area contributed by atoms with Gasteiger partial charge >= 0.3 is 6.09 Å². The van der Waals surface area contributed by atoms with Gasteiger partial charge in [-0.3, -0.25) is 9.36 Å². The van der Waals surface area contributed by atoms with Gasteiger partial charge in [-0.05, 0) is 58.9 Å². The third-order valence-electron chi connectivity index (χ3n) is 5.53. The van der Waals surface area contributed by atoms with Crippen molar-refractivity contribution in [2.75, 3.05) is 6.61 Å². The predicted molar refractivity (Wildman–Crippen MR) is 138 cm³/mol. The maximum Gasteiger partial charge on any atom is 0.408 e. The first-order valence-electron chi connectivity index (χ1n) is 11.8. The van der Waals surface area contributed by atoms with Crippen LogP contribution in [0.5, 0.6) is 5.75 Å². The van der Waals surface area contributed by atoms with E-state index >= 15 is 0 Å². The number of amides is 1. The first-order valence-corrected chi connectivity index (χ1v) is 11.8. The molecule has 2 aromatic carbocycles. The fourth-order valence-electron chi connectivity index (χ4n) is 3.90. The highest BCUT2D eigenvalue weighted by molar-refractivity contribution is 5.84. The van der Waals surface area contributed by atoms with E-state index in [1.165, 1.54) is 4.57 Å². The molecule has 1 amide bonds. The van der Waals surface area contributed by atoms with Crippen LogP contribution in [0.1, 0.15) is 45.4 Å². The van der Waals surface area contributed by atoms with E-state index in [1.807, 2.05) is 48.0 Å². The van der Waals surface area contributed by atoms with E-state index < -0.39 is 17.7 Å². The highest BCUT2D eigenvalue weighted by Crippen LogP contribution is 2.25. The van der Waals surface area contributed by atoms with E-state index in [0.717, 1.165) is 5.82 Å². The van der Waals surface area contributed by atoms with Gasteiger partial charge in [0.2, 0.25) is 0 Å². The molecule has 9 heteroatoms. The van der Waals surface area contributed by atoms with Gasteiger partial charge in [-0.25, -0.2) is 14.8 Å².